The maximum atomic E-state index is 11.9. The number of hydrogen-bond acceptors (Lipinski definition) is 3. The molecule has 1 rings (SSSR count). The Kier molecular flexibility index (Phi) is 5.40. The van der Waals surface area contributed by atoms with Gasteiger partial charge in [0.1, 0.15) is 0 Å². The molecule has 0 aromatic heterocycles. The summed E-state index contributed by atoms with van der Waals surface area (Å²) in [6.45, 7) is 6.02. The van der Waals surface area contributed by atoms with Crippen molar-refractivity contribution in [1.29, 1.82) is 0 Å². The molecule has 1 aliphatic rings. The van der Waals surface area contributed by atoms with E-state index in [9.17, 15) is 9.90 Å². The first-order chi connectivity index (χ1) is 7.88. The fraction of sp³-hybridized carbons (Fsp3) is 0.923. The zero-order chi connectivity index (χ0) is 12.9. The number of nitrogens with one attached hydrogen (secondary N) is 1. The van der Waals surface area contributed by atoms with Crippen LogP contribution in [-0.2, 0) is 4.79 Å². The van der Waals surface area contributed by atoms with Crippen molar-refractivity contribution in [2.24, 2.45) is 5.92 Å². The number of rotatable bonds is 5. The number of piperidine rings is 1. The Labute approximate surface area is 104 Å². The van der Waals surface area contributed by atoms with Crippen molar-refractivity contribution in [2.75, 3.05) is 26.7 Å². The zero-order valence-electron chi connectivity index (χ0n) is 11.3. The highest BCUT2D eigenvalue weighted by molar-refractivity contribution is 5.75. The SMILES string of the molecule is CN(CC(C)(C)O)C(=O)CCC1CCNCC1. The van der Waals surface area contributed by atoms with Crippen molar-refractivity contribution in [3.05, 3.63) is 0 Å². The number of aliphatic hydroxyl groups is 1. The van der Waals surface area contributed by atoms with E-state index in [1.54, 1.807) is 25.8 Å². The summed E-state index contributed by atoms with van der Waals surface area (Å²) < 4.78 is 0. The summed E-state index contributed by atoms with van der Waals surface area (Å²) in [6, 6.07) is 0. The molecule has 1 amide bonds. The minimum absolute atomic E-state index is 0.144. The van der Waals surface area contributed by atoms with Crippen molar-refractivity contribution >= 4 is 5.91 Å². The summed E-state index contributed by atoms with van der Waals surface area (Å²) in [6.07, 6.45) is 3.96. The van der Waals surface area contributed by atoms with Gasteiger partial charge in [0.15, 0.2) is 0 Å². The first kappa shape index (κ1) is 14.5. The van der Waals surface area contributed by atoms with Gasteiger partial charge in [-0.1, -0.05) is 0 Å². The fourth-order valence-corrected chi connectivity index (χ4v) is 2.36. The molecule has 0 unspecified atom stereocenters. The second-order valence-corrected chi connectivity index (χ2v) is 5.79. The summed E-state index contributed by atoms with van der Waals surface area (Å²) in [5.74, 6) is 0.835. The molecule has 0 aliphatic carbocycles. The minimum atomic E-state index is -0.806. The van der Waals surface area contributed by atoms with E-state index in [0.29, 0.717) is 18.9 Å². The first-order valence-corrected chi connectivity index (χ1v) is 6.55. The molecule has 0 spiro atoms. The highest BCUT2D eigenvalue weighted by Crippen LogP contribution is 2.18. The van der Waals surface area contributed by atoms with Crippen LogP contribution in [0.1, 0.15) is 39.5 Å². The van der Waals surface area contributed by atoms with Gasteiger partial charge < -0.3 is 15.3 Å². The average molecular weight is 242 g/mol. The van der Waals surface area contributed by atoms with Crippen molar-refractivity contribution in [3.63, 3.8) is 0 Å². The molecule has 0 aromatic carbocycles. The largest absolute Gasteiger partial charge is 0.389 e. The van der Waals surface area contributed by atoms with E-state index in [1.165, 1.54) is 12.8 Å². The summed E-state index contributed by atoms with van der Waals surface area (Å²) >= 11 is 0. The first-order valence-electron chi connectivity index (χ1n) is 6.55. The molecule has 1 aliphatic heterocycles. The topological polar surface area (TPSA) is 52.6 Å². The van der Waals surface area contributed by atoms with Crippen LogP contribution in [0.3, 0.4) is 0 Å². The van der Waals surface area contributed by atoms with Crippen molar-refractivity contribution in [2.45, 2.75) is 45.1 Å². The van der Waals surface area contributed by atoms with Gasteiger partial charge in [-0.3, -0.25) is 4.79 Å². The Hall–Kier alpha value is -0.610. The third-order valence-corrected chi connectivity index (χ3v) is 3.28. The van der Waals surface area contributed by atoms with E-state index < -0.39 is 5.60 Å². The lowest BCUT2D eigenvalue weighted by Gasteiger charge is -2.27. The third kappa shape index (κ3) is 6.03. The number of nitrogens with zero attached hydrogens (tertiary/aromatic N) is 1. The Morgan fingerprint density at radius 2 is 2.00 bits per heavy atom. The molecule has 0 radical (unpaired) electrons. The highest BCUT2D eigenvalue weighted by atomic mass is 16.3. The molecular weight excluding hydrogens is 216 g/mol. The lowest BCUT2D eigenvalue weighted by molar-refractivity contribution is -0.132. The monoisotopic (exact) mass is 242 g/mol. The number of amides is 1. The maximum absolute atomic E-state index is 11.9. The van der Waals surface area contributed by atoms with Crippen LogP contribution < -0.4 is 5.32 Å². The van der Waals surface area contributed by atoms with Crippen LogP contribution >= 0.6 is 0 Å². The maximum Gasteiger partial charge on any atom is 0.222 e. The van der Waals surface area contributed by atoms with Gasteiger partial charge in [-0.15, -0.1) is 0 Å². The lowest BCUT2D eigenvalue weighted by Crippen LogP contribution is -2.39. The van der Waals surface area contributed by atoms with Crippen LogP contribution in [-0.4, -0.2) is 48.2 Å². The number of likely N-dealkylation sites (N-methyl/N-ethyl adjacent to an activating group) is 1. The van der Waals surface area contributed by atoms with Gasteiger partial charge in [0, 0.05) is 20.0 Å². The summed E-state index contributed by atoms with van der Waals surface area (Å²) in [4.78, 5) is 13.5. The third-order valence-electron chi connectivity index (χ3n) is 3.28. The van der Waals surface area contributed by atoms with Crippen LogP contribution in [0.5, 0.6) is 0 Å². The minimum Gasteiger partial charge on any atom is -0.389 e. The predicted octanol–water partition coefficient (Wildman–Crippen LogP) is 0.995. The van der Waals surface area contributed by atoms with Gasteiger partial charge in [-0.05, 0) is 52.1 Å². The van der Waals surface area contributed by atoms with Gasteiger partial charge in [-0.2, -0.15) is 0 Å². The molecule has 0 atom stereocenters. The number of carbonyl (C=O) groups excluding carboxylic acids is 1. The molecule has 0 bridgehead atoms. The molecule has 17 heavy (non-hydrogen) atoms. The molecular formula is C13H26N2O2. The Morgan fingerprint density at radius 3 is 2.53 bits per heavy atom. The number of hydrogen-bond donors (Lipinski definition) is 2. The van der Waals surface area contributed by atoms with Gasteiger partial charge in [0.25, 0.3) is 0 Å². The molecule has 2 N–H and O–H groups in total. The average Bonchev–Trinajstić information content (AvgIpc) is 2.25. The van der Waals surface area contributed by atoms with E-state index in [-0.39, 0.29) is 5.91 Å². The second kappa shape index (κ2) is 6.36. The molecule has 4 nitrogen and oxygen atoms in total. The van der Waals surface area contributed by atoms with Crippen LogP contribution in [0.25, 0.3) is 0 Å². The Morgan fingerprint density at radius 1 is 1.41 bits per heavy atom. The molecule has 4 heteroatoms. The van der Waals surface area contributed by atoms with Crippen LogP contribution in [0.15, 0.2) is 0 Å². The van der Waals surface area contributed by atoms with E-state index in [4.69, 9.17) is 0 Å². The molecule has 0 aromatic rings. The normalized spacial score (nSPS) is 18.1. The highest BCUT2D eigenvalue weighted by Gasteiger charge is 2.20. The molecule has 1 fully saturated rings. The van der Waals surface area contributed by atoms with Gasteiger partial charge in [-0.25, -0.2) is 0 Å². The van der Waals surface area contributed by atoms with Gasteiger partial charge in [0.05, 0.1) is 5.60 Å². The van der Waals surface area contributed by atoms with E-state index in [1.807, 2.05) is 0 Å². The zero-order valence-corrected chi connectivity index (χ0v) is 11.3. The van der Waals surface area contributed by atoms with E-state index >= 15 is 0 Å². The molecule has 1 saturated heterocycles. The van der Waals surface area contributed by atoms with Crippen molar-refractivity contribution in [1.82, 2.24) is 10.2 Å². The Balaban J connectivity index is 2.23. The van der Waals surface area contributed by atoms with Crippen molar-refractivity contribution < 1.29 is 9.90 Å². The van der Waals surface area contributed by atoms with Crippen LogP contribution in [0, 0.1) is 5.92 Å². The standard InChI is InChI=1S/C13H26N2O2/c1-13(2,17)10-15(3)12(16)5-4-11-6-8-14-9-7-11/h11,14,17H,4-10H2,1-3H3. The molecule has 1 heterocycles. The Bertz CT molecular complexity index is 242. The lowest BCUT2D eigenvalue weighted by atomic mass is 9.93. The van der Waals surface area contributed by atoms with Crippen LogP contribution in [0.2, 0.25) is 0 Å². The molecule has 0 saturated carbocycles. The summed E-state index contributed by atoms with van der Waals surface area (Å²) in [5, 5.41) is 13.0. The summed E-state index contributed by atoms with van der Waals surface area (Å²) in [7, 11) is 1.77. The smallest absolute Gasteiger partial charge is 0.222 e. The fourth-order valence-electron chi connectivity index (χ4n) is 2.36. The quantitative estimate of drug-likeness (QED) is 0.756. The molecule has 100 valence electrons. The van der Waals surface area contributed by atoms with Crippen LogP contribution in [0.4, 0.5) is 0 Å². The second-order valence-electron chi connectivity index (χ2n) is 5.79. The van der Waals surface area contributed by atoms with Crippen molar-refractivity contribution in [3.8, 4) is 0 Å². The van der Waals surface area contributed by atoms with E-state index in [0.717, 1.165) is 19.5 Å². The van der Waals surface area contributed by atoms with Gasteiger partial charge in [0.2, 0.25) is 5.91 Å². The summed E-state index contributed by atoms with van der Waals surface area (Å²) in [5.41, 5.74) is -0.806. The van der Waals surface area contributed by atoms with Gasteiger partial charge >= 0.3 is 0 Å². The predicted molar refractivity (Wildman–Crippen MR) is 68.8 cm³/mol. The number of carbonyl (C=O) groups is 1. The van der Waals surface area contributed by atoms with E-state index in [2.05, 4.69) is 5.32 Å².